The number of nitrogens with zero attached hydrogens (tertiary/aromatic N) is 4. The smallest absolute Gasteiger partial charge is 0.332 e. The summed E-state index contributed by atoms with van der Waals surface area (Å²) < 4.78 is 8.37. The molecule has 1 aliphatic rings. The van der Waals surface area contributed by atoms with Crippen molar-refractivity contribution in [1.29, 1.82) is 0 Å². The molecule has 9 heteroatoms. The van der Waals surface area contributed by atoms with Gasteiger partial charge in [-0.05, 0) is 24.6 Å². The Morgan fingerprint density at radius 3 is 2.46 bits per heavy atom. The second-order valence-corrected chi connectivity index (χ2v) is 7.37. The molecule has 0 unspecified atom stereocenters. The van der Waals surface area contributed by atoms with Crippen molar-refractivity contribution in [1.82, 2.24) is 14.0 Å². The first-order valence-corrected chi connectivity index (χ1v) is 9.67. The van der Waals surface area contributed by atoms with Gasteiger partial charge in [0.1, 0.15) is 11.6 Å². The zero-order valence-corrected chi connectivity index (χ0v) is 17.0. The lowest BCUT2D eigenvalue weighted by atomic mass is 10.3. The highest BCUT2D eigenvalue weighted by Crippen LogP contribution is 2.26. The first-order valence-electron chi connectivity index (χ1n) is 9.29. The molecule has 152 valence electrons. The Labute approximate surface area is 168 Å². The van der Waals surface area contributed by atoms with E-state index in [-0.39, 0.29) is 11.2 Å². The molecule has 1 aromatic carbocycles. The van der Waals surface area contributed by atoms with Crippen molar-refractivity contribution in [2.45, 2.75) is 6.42 Å². The maximum absolute atomic E-state index is 12.1. The van der Waals surface area contributed by atoms with Gasteiger partial charge in [-0.3, -0.25) is 18.8 Å². The summed E-state index contributed by atoms with van der Waals surface area (Å²) in [7, 11) is 3.19. The predicted octanol–water partition coefficient (Wildman–Crippen LogP) is 0.911. The molecule has 0 radical (unpaired) electrons. The predicted molar refractivity (Wildman–Crippen MR) is 112 cm³/mol. The van der Waals surface area contributed by atoms with E-state index in [0.717, 1.165) is 43.7 Å². The van der Waals surface area contributed by atoms with Crippen molar-refractivity contribution in [3.63, 3.8) is 0 Å². The summed E-state index contributed by atoms with van der Waals surface area (Å²) in [4.78, 5) is 28.5. The molecule has 1 saturated heterocycles. The number of nitrogens with two attached hydrogens (primary N) is 1. The van der Waals surface area contributed by atoms with Gasteiger partial charge in [-0.1, -0.05) is 11.6 Å². The van der Waals surface area contributed by atoms with Gasteiger partial charge in [-0.2, -0.15) is 0 Å². The fourth-order valence-corrected chi connectivity index (χ4v) is 3.57. The lowest BCUT2D eigenvalue weighted by Gasteiger charge is -2.36. The van der Waals surface area contributed by atoms with Crippen LogP contribution in [0.4, 0.5) is 11.5 Å². The molecule has 0 spiro atoms. The van der Waals surface area contributed by atoms with Crippen LogP contribution in [0.1, 0.15) is 6.42 Å². The molecule has 1 aromatic heterocycles. The minimum Gasteiger partial charge on any atom is -0.492 e. The topological polar surface area (TPSA) is 85.7 Å². The number of rotatable bonds is 6. The van der Waals surface area contributed by atoms with Crippen LogP contribution < -0.4 is 26.6 Å². The molecule has 0 saturated carbocycles. The number of ether oxygens (including phenoxy) is 1. The molecule has 8 nitrogen and oxygen atoms in total. The number of halogens is 1. The third-order valence-electron chi connectivity index (χ3n) is 5.03. The molecule has 0 atom stereocenters. The van der Waals surface area contributed by atoms with Gasteiger partial charge in [0.15, 0.2) is 0 Å². The fraction of sp³-hybridized carbons (Fsp3) is 0.474. The third-order valence-corrected chi connectivity index (χ3v) is 5.32. The number of hydrogen-bond acceptors (Lipinski definition) is 6. The summed E-state index contributed by atoms with van der Waals surface area (Å²) in [6.07, 6.45) is 0.880. The Morgan fingerprint density at radius 2 is 1.79 bits per heavy atom. The minimum atomic E-state index is -0.302. The monoisotopic (exact) mass is 407 g/mol. The molecule has 2 N–H and O–H groups in total. The van der Waals surface area contributed by atoms with Gasteiger partial charge < -0.3 is 15.4 Å². The lowest BCUT2D eigenvalue weighted by Crippen LogP contribution is -2.49. The quantitative estimate of drug-likeness (QED) is 0.566. The first kappa shape index (κ1) is 20.3. The van der Waals surface area contributed by atoms with Gasteiger partial charge in [-0.25, -0.2) is 4.79 Å². The van der Waals surface area contributed by atoms with E-state index in [0.29, 0.717) is 28.9 Å². The molecular formula is C19H26ClN5O3. The number of hydrogen-bond donors (Lipinski definition) is 1. The molecule has 1 fully saturated rings. The van der Waals surface area contributed by atoms with Gasteiger partial charge >= 0.3 is 5.69 Å². The van der Waals surface area contributed by atoms with Crippen LogP contribution in [0.3, 0.4) is 0 Å². The molecule has 0 bridgehead atoms. The Kier molecular flexibility index (Phi) is 6.31. The van der Waals surface area contributed by atoms with E-state index in [1.165, 1.54) is 17.7 Å². The van der Waals surface area contributed by atoms with Crippen LogP contribution in [0.5, 0.6) is 5.75 Å². The van der Waals surface area contributed by atoms with Gasteiger partial charge in [0, 0.05) is 58.6 Å². The average molecular weight is 408 g/mol. The second-order valence-electron chi connectivity index (χ2n) is 6.96. The number of benzene rings is 1. The second kappa shape index (κ2) is 8.70. The van der Waals surface area contributed by atoms with Crippen molar-refractivity contribution in [2.24, 2.45) is 14.1 Å². The molecule has 2 aromatic rings. The highest BCUT2D eigenvalue weighted by molar-refractivity contribution is 6.32. The Hall–Kier alpha value is -2.45. The largest absolute Gasteiger partial charge is 0.492 e. The van der Waals surface area contributed by atoms with Crippen LogP contribution in [0.2, 0.25) is 5.02 Å². The number of aromatic nitrogens is 2. The Morgan fingerprint density at radius 1 is 1.07 bits per heavy atom. The Bertz CT molecular complexity index is 948. The van der Waals surface area contributed by atoms with Crippen LogP contribution in [0.25, 0.3) is 0 Å². The van der Waals surface area contributed by atoms with Crippen molar-refractivity contribution >= 4 is 23.1 Å². The molecule has 0 amide bonds. The lowest BCUT2D eigenvalue weighted by molar-refractivity contribution is 0.224. The summed E-state index contributed by atoms with van der Waals surface area (Å²) in [5, 5.41) is 0.522. The standard InChI is InChI=1S/C19H26ClN5O3/c1-22-17(13-18(26)23(2)19(22)27)25-9-7-24(8-10-25)6-3-11-28-16-5-4-14(21)12-15(16)20/h4-5,12-13H,3,6-11,21H2,1-2H3. The normalized spacial score (nSPS) is 15.0. The van der Waals surface area contributed by atoms with E-state index in [1.54, 1.807) is 25.2 Å². The van der Waals surface area contributed by atoms with Gasteiger partial charge in [0.25, 0.3) is 5.56 Å². The van der Waals surface area contributed by atoms with Crippen LogP contribution in [-0.2, 0) is 14.1 Å². The minimum absolute atomic E-state index is 0.279. The van der Waals surface area contributed by atoms with E-state index >= 15 is 0 Å². The molecular weight excluding hydrogens is 382 g/mol. The number of nitrogen functional groups attached to an aromatic ring is 1. The highest BCUT2D eigenvalue weighted by Gasteiger charge is 2.20. The summed E-state index contributed by atoms with van der Waals surface area (Å²) in [6, 6.07) is 6.76. The van der Waals surface area contributed by atoms with E-state index < -0.39 is 0 Å². The molecule has 28 heavy (non-hydrogen) atoms. The SMILES string of the molecule is Cn1c(N2CCN(CCCOc3ccc(N)cc3Cl)CC2)cc(=O)n(C)c1=O. The molecule has 3 rings (SSSR count). The van der Waals surface area contributed by atoms with Crippen LogP contribution >= 0.6 is 11.6 Å². The maximum Gasteiger partial charge on any atom is 0.332 e. The molecule has 2 heterocycles. The molecule has 0 aliphatic carbocycles. The first-order chi connectivity index (χ1) is 13.4. The fourth-order valence-electron chi connectivity index (χ4n) is 3.33. The van der Waals surface area contributed by atoms with Gasteiger partial charge in [0.2, 0.25) is 0 Å². The summed E-state index contributed by atoms with van der Waals surface area (Å²) in [5.41, 5.74) is 5.71. The van der Waals surface area contributed by atoms with E-state index in [9.17, 15) is 9.59 Å². The molecule has 1 aliphatic heterocycles. The highest BCUT2D eigenvalue weighted by atomic mass is 35.5. The van der Waals surface area contributed by atoms with Gasteiger partial charge in [0.05, 0.1) is 11.6 Å². The van der Waals surface area contributed by atoms with Crippen molar-refractivity contribution in [3.05, 3.63) is 50.1 Å². The van der Waals surface area contributed by atoms with E-state index in [1.807, 2.05) is 0 Å². The summed E-state index contributed by atoms with van der Waals surface area (Å²) >= 11 is 6.11. The number of anilines is 2. The summed E-state index contributed by atoms with van der Waals surface area (Å²) in [6.45, 7) is 4.76. The van der Waals surface area contributed by atoms with E-state index in [4.69, 9.17) is 22.1 Å². The van der Waals surface area contributed by atoms with Crippen molar-refractivity contribution < 1.29 is 4.74 Å². The zero-order chi connectivity index (χ0) is 20.3. The van der Waals surface area contributed by atoms with Crippen LogP contribution in [0, 0.1) is 0 Å². The number of piperazine rings is 1. The summed E-state index contributed by atoms with van der Waals surface area (Å²) in [5.74, 6) is 1.32. The van der Waals surface area contributed by atoms with E-state index in [2.05, 4.69) is 9.80 Å². The Balaban J connectivity index is 1.47. The third kappa shape index (κ3) is 4.51. The zero-order valence-electron chi connectivity index (χ0n) is 16.2. The van der Waals surface area contributed by atoms with Gasteiger partial charge in [-0.15, -0.1) is 0 Å². The van der Waals surface area contributed by atoms with Crippen LogP contribution in [-0.4, -0.2) is 53.4 Å². The van der Waals surface area contributed by atoms with Crippen molar-refractivity contribution in [3.8, 4) is 5.75 Å². The average Bonchev–Trinajstić information content (AvgIpc) is 2.68. The van der Waals surface area contributed by atoms with Crippen molar-refractivity contribution in [2.75, 3.05) is 50.0 Å². The van der Waals surface area contributed by atoms with Crippen LogP contribution in [0.15, 0.2) is 33.9 Å². The maximum atomic E-state index is 12.1.